The number of hydrogen-bond acceptors (Lipinski definition) is 5. The Hall–Kier alpha value is -1.95. The molecule has 0 spiro atoms. The third kappa shape index (κ3) is 2.19. The van der Waals surface area contributed by atoms with Crippen LogP contribution in [0.25, 0.3) is 0 Å². The SMILES string of the molecule is O=C1NC(SCc2ccccc2)=NC2N=NC=C12. The molecule has 1 aromatic carbocycles. The first-order valence-electron chi connectivity index (χ1n) is 5.49. The van der Waals surface area contributed by atoms with Crippen molar-refractivity contribution in [2.45, 2.75) is 11.9 Å². The highest BCUT2D eigenvalue weighted by molar-refractivity contribution is 8.13. The van der Waals surface area contributed by atoms with Gasteiger partial charge in [0, 0.05) is 5.75 Å². The number of nitrogens with zero attached hydrogens (tertiary/aromatic N) is 3. The van der Waals surface area contributed by atoms with E-state index in [4.69, 9.17) is 0 Å². The van der Waals surface area contributed by atoms with E-state index in [9.17, 15) is 4.79 Å². The summed E-state index contributed by atoms with van der Waals surface area (Å²) < 4.78 is 0. The Morgan fingerprint density at radius 3 is 2.94 bits per heavy atom. The summed E-state index contributed by atoms with van der Waals surface area (Å²) in [4.78, 5) is 16.0. The maximum Gasteiger partial charge on any atom is 0.258 e. The summed E-state index contributed by atoms with van der Waals surface area (Å²) in [6.07, 6.45) is 1.01. The van der Waals surface area contributed by atoms with Crippen molar-refractivity contribution in [3.05, 3.63) is 47.7 Å². The molecular weight excluding hydrogens is 248 g/mol. The molecule has 0 aliphatic carbocycles. The largest absolute Gasteiger partial charge is 0.301 e. The molecule has 18 heavy (non-hydrogen) atoms. The van der Waals surface area contributed by atoms with Gasteiger partial charge < -0.3 is 5.32 Å². The second-order valence-corrected chi connectivity index (χ2v) is 4.82. The molecule has 0 aromatic heterocycles. The van der Waals surface area contributed by atoms with Gasteiger partial charge in [0.05, 0.1) is 11.8 Å². The van der Waals surface area contributed by atoms with Crippen molar-refractivity contribution in [1.82, 2.24) is 5.32 Å². The van der Waals surface area contributed by atoms with Gasteiger partial charge in [-0.1, -0.05) is 42.1 Å². The Morgan fingerprint density at radius 2 is 2.11 bits per heavy atom. The minimum atomic E-state index is -0.447. The monoisotopic (exact) mass is 258 g/mol. The molecule has 0 bridgehead atoms. The molecule has 5 nitrogen and oxygen atoms in total. The fourth-order valence-corrected chi connectivity index (χ4v) is 2.51. The van der Waals surface area contributed by atoms with Crippen molar-refractivity contribution in [2.75, 3.05) is 0 Å². The molecule has 2 aliphatic heterocycles. The number of hydrogen-bond donors (Lipinski definition) is 1. The Kier molecular flexibility index (Phi) is 2.93. The van der Waals surface area contributed by atoms with Crippen molar-refractivity contribution in [3.8, 4) is 0 Å². The van der Waals surface area contributed by atoms with Gasteiger partial charge in [0.15, 0.2) is 11.3 Å². The van der Waals surface area contributed by atoms with E-state index in [1.54, 1.807) is 0 Å². The molecule has 1 N–H and O–H groups in total. The molecule has 90 valence electrons. The van der Waals surface area contributed by atoms with Gasteiger partial charge in [-0.15, -0.1) is 0 Å². The van der Waals surface area contributed by atoms with E-state index in [1.165, 1.54) is 23.5 Å². The average Bonchev–Trinajstić information content (AvgIpc) is 2.86. The van der Waals surface area contributed by atoms with Crippen LogP contribution in [0.15, 0.2) is 57.3 Å². The number of fused-ring (bicyclic) bond motifs is 1. The highest BCUT2D eigenvalue weighted by Gasteiger charge is 2.29. The smallest absolute Gasteiger partial charge is 0.258 e. The maximum absolute atomic E-state index is 11.7. The summed E-state index contributed by atoms with van der Waals surface area (Å²) >= 11 is 1.49. The Bertz CT molecular complexity index is 565. The van der Waals surface area contributed by atoms with Crippen molar-refractivity contribution in [3.63, 3.8) is 0 Å². The van der Waals surface area contributed by atoms with Crippen LogP contribution in [0.3, 0.4) is 0 Å². The Balaban J connectivity index is 1.69. The van der Waals surface area contributed by atoms with Gasteiger partial charge in [0.25, 0.3) is 5.91 Å². The molecule has 0 radical (unpaired) electrons. The van der Waals surface area contributed by atoms with E-state index >= 15 is 0 Å². The third-order valence-corrected chi connectivity index (χ3v) is 3.55. The molecule has 2 aliphatic rings. The fraction of sp³-hybridized carbons (Fsp3) is 0.167. The molecule has 2 heterocycles. The summed E-state index contributed by atoms with van der Waals surface area (Å²) in [6.45, 7) is 0. The molecule has 1 unspecified atom stereocenters. The summed E-state index contributed by atoms with van der Waals surface area (Å²) in [5, 5.41) is 10.9. The van der Waals surface area contributed by atoms with Crippen LogP contribution in [-0.4, -0.2) is 17.2 Å². The lowest BCUT2D eigenvalue weighted by Gasteiger charge is -2.16. The Labute approximate surface area is 108 Å². The molecule has 3 rings (SSSR count). The Morgan fingerprint density at radius 1 is 1.28 bits per heavy atom. The van der Waals surface area contributed by atoms with E-state index in [-0.39, 0.29) is 5.91 Å². The molecule has 0 saturated carbocycles. The van der Waals surface area contributed by atoms with Crippen LogP contribution >= 0.6 is 11.8 Å². The zero-order valence-corrected chi connectivity index (χ0v) is 10.2. The number of amidine groups is 1. The highest BCUT2D eigenvalue weighted by atomic mass is 32.2. The van der Waals surface area contributed by atoms with E-state index in [2.05, 4.69) is 20.5 Å². The van der Waals surface area contributed by atoms with Gasteiger partial charge in [-0.3, -0.25) is 4.79 Å². The molecule has 0 fully saturated rings. The highest BCUT2D eigenvalue weighted by Crippen LogP contribution is 2.23. The van der Waals surface area contributed by atoms with Gasteiger partial charge in [-0.2, -0.15) is 10.2 Å². The van der Waals surface area contributed by atoms with Gasteiger partial charge in [-0.05, 0) is 5.56 Å². The average molecular weight is 258 g/mol. The fourth-order valence-electron chi connectivity index (χ4n) is 1.67. The van der Waals surface area contributed by atoms with E-state index in [0.717, 1.165) is 5.75 Å². The van der Waals surface area contributed by atoms with E-state index < -0.39 is 6.17 Å². The zero-order chi connectivity index (χ0) is 12.4. The van der Waals surface area contributed by atoms with E-state index in [0.29, 0.717) is 10.7 Å². The van der Waals surface area contributed by atoms with Crippen molar-refractivity contribution < 1.29 is 4.79 Å². The van der Waals surface area contributed by atoms with Crippen LogP contribution in [0.4, 0.5) is 0 Å². The lowest BCUT2D eigenvalue weighted by Crippen LogP contribution is -2.37. The molecule has 0 saturated heterocycles. The number of carbonyl (C=O) groups is 1. The molecule has 1 amide bonds. The second kappa shape index (κ2) is 4.73. The first-order valence-corrected chi connectivity index (χ1v) is 6.47. The summed E-state index contributed by atoms with van der Waals surface area (Å²) in [6, 6.07) is 10.0. The van der Waals surface area contributed by atoms with Crippen LogP contribution in [-0.2, 0) is 10.5 Å². The summed E-state index contributed by atoms with van der Waals surface area (Å²) in [5.74, 6) is 0.610. The van der Waals surface area contributed by atoms with E-state index in [1.807, 2.05) is 30.3 Å². The summed E-state index contributed by atoms with van der Waals surface area (Å²) in [7, 11) is 0. The topological polar surface area (TPSA) is 66.2 Å². The number of rotatable bonds is 2. The molecule has 1 atom stereocenters. The quantitative estimate of drug-likeness (QED) is 0.882. The van der Waals surface area contributed by atoms with Crippen LogP contribution in [0.5, 0.6) is 0 Å². The second-order valence-electron chi connectivity index (χ2n) is 3.85. The normalized spacial score (nSPS) is 21.1. The molecule has 1 aromatic rings. The minimum Gasteiger partial charge on any atom is -0.301 e. The lowest BCUT2D eigenvalue weighted by molar-refractivity contribution is -0.116. The van der Waals surface area contributed by atoms with Crippen LogP contribution in [0.2, 0.25) is 0 Å². The number of benzene rings is 1. The van der Waals surface area contributed by atoms with Crippen LogP contribution in [0.1, 0.15) is 5.56 Å². The predicted molar refractivity (Wildman–Crippen MR) is 70.0 cm³/mol. The van der Waals surface area contributed by atoms with Gasteiger partial charge in [-0.25, -0.2) is 4.99 Å². The third-order valence-electron chi connectivity index (χ3n) is 2.59. The number of thioether (sulfide) groups is 1. The van der Waals surface area contributed by atoms with Crippen LogP contribution in [0, 0.1) is 0 Å². The van der Waals surface area contributed by atoms with Gasteiger partial charge >= 0.3 is 0 Å². The lowest BCUT2D eigenvalue weighted by atomic mass is 10.2. The number of amides is 1. The van der Waals surface area contributed by atoms with Crippen molar-refractivity contribution in [2.24, 2.45) is 15.2 Å². The van der Waals surface area contributed by atoms with Gasteiger partial charge in [0.1, 0.15) is 0 Å². The predicted octanol–water partition coefficient (Wildman–Crippen LogP) is 2.08. The van der Waals surface area contributed by atoms with Gasteiger partial charge in [0.2, 0.25) is 0 Å². The first kappa shape index (κ1) is 11.2. The minimum absolute atomic E-state index is 0.157. The molecule has 6 heteroatoms. The number of aliphatic imine (C=N–C) groups is 1. The summed E-state index contributed by atoms with van der Waals surface area (Å²) in [5.41, 5.74) is 1.70. The van der Waals surface area contributed by atoms with Crippen molar-refractivity contribution in [1.29, 1.82) is 0 Å². The number of nitrogens with one attached hydrogen (secondary N) is 1. The zero-order valence-electron chi connectivity index (χ0n) is 9.41. The number of carbonyl (C=O) groups excluding carboxylic acids is 1. The van der Waals surface area contributed by atoms with Crippen LogP contribution < -0.4 is 5.32 Å². The molecular formula is C12H10N4OS. The maximum atomic E-state index is 11.7. The van der Waals surface area contributed by atoms with Crippen molar-refractivity contribution >= 4 is 22.8 Å². The number of azo groups is 1. The first-order chi connectivity index (χ1) is 8.83. The standard InChI is InChI=1S/C12H10N4OS/c17-11-9-6-13-16-10(9)14-12(15-11)18-7-8-4-2-1-3-5-8/h1-6,10H,7H2,(H,14,15,17).